The number of methoxy groups -OCH3 is 1. The van der Waals surface area contributed by atoms with Crippen LogP contribution in [0.1, 0.15) is 11.1 Å². The van der Waals surface area contributed by atoms with Crippen LogP contribution < -0.4 is 10.2 Å². The normalized spacial score (nSPS) is 14.6. The Kier molecular flexibility index (Phi) is 3.86. The average Bonchev–Trinajstić information content (AvgIpc) is 3.04. The van der Waals surface area contributed by atoms with Crippen molar-refractivity contribution in [3.63, 3.8) is 0 Å². The van der Waals surface area contributed by atoms with Crippen molar-refractivity contribution in [3.8, 4) is 16.9 Å². The first kappa shape index (κ1) is 15.9. The average molecular weight is 341 g/mol. The number of rotatable bonds is 3. The summed E-state index contributed by atoms with van der Waals surface area (Å²) >= 11 is 0. The minimum Gasteiger partial charge on any atom is -0.496 e. The molecule has 4 rings (SSSR count). The van der Waals surface area contributed by atoms with Crippen LogP contribution >= 0.6 is 0 Å². The molecule has 0 unspecified atom stereocenters. The second-order valence-corrected chi connectivity index (χ2v) is 6.45. The van der Waals surface area contributed by atoms with E-state index in [1.165, 1.54) is 23.3 Å². The van der Waals surface area contributed by atoms with Crippen LogP contribution in [0.3, 0.4) is 0 Å². The predicted octanol–water partition coefficient (Wildman–Crippen LogP) is 3.77. The quantitative estimate of drug-likeness (QED) is 0.635. The maximum Gasteiger partial charge on any atom is 0.126 e. The SMILES string of the molecule is COc1ccc(F)cc1-c1cc2c(NO)c[nH]c2c2c1CCN(C)C2. The van der Waals surface area contributed by atoms with Crippen molar-refractivity contribution in [1.82, 2.24) is 9.88 Å². The molecule has 1 aromatic heterocycles. The van der Waals surface area contributed by atoms with E-state index in [-0.39, 0.29) is 5.82 Å². The fourth-order valence-corrected chi connectivity index (χ4v) is 3.71. The lowest BCUT2D eigenvalue weighted by Gasteiger charge is -2.28. The summed E-state index contributed by atoms with van der Waals surface area (Å²) in [7, 11) is 3.67. The molecule has 1 aliphatic rings. The van der Waals surface area contributed by atoms with Gasteiger partial charge in [0, 0.05) is 30.2 Å². The standard InChI is InChI=1S/C19H20FN3O2/c1-23-6-5-12-13(14-7-11(20)3-4-18(14)25-2)8-15-17(22-24)9-21-19(15)16(12)10-23/h3-4,7-9,21-22,24H,5-6,10H2,1-2H3. The highest BCUT2D eigenvalue weighted by Gasteiger charge is 2.23. The zero-order valence-electron chi connectivity index (χ0n) is 14.2. The maximum atomic E-state index is 13.9. The van der Waals surface area contributed by atoms with Crippen molar-refractivity contribution in [3.05, 3.63) is 47.4 Å². The highest BCUT2D eigenvalue weighted by molar-refractivity contribution is 5.99. The third kappa shape index (κ3) is 2.54. The van der Waals surface area contributed by atoms with Gasteiger partial charge in [0.25, 0.3) is 0 Å². The van der Waals surface area contributed by atoms with Crippen molar-refractivity contribution in [2.24, 2.45) is 0 Å². The molecule has 6 heteroatoms. The van der Waals surface area contributed by atoms with Crippen molar-refractivity contribution >= 4 is 16.6 Å². The second kappa shape index (κ2) is 6.06. The highest BCUT2D eigenvalue weighted by atomic mass is 19.1. The van der Waals surface area contributed by atoms with Gasteiger partial charge in [-0.05, 0) is 54.4 Å². The Balaban J connectivity index is 2.05. The summed E-state index contributed by atoms with van der Waals surface area (Å²) in [6.45, 7) is 1.73. The summed E-state index contributed by atoms with van der Waals surface area (Å²) in [5.74, 6) is 0.336. The van der Waals surface area contributed by atoms with Gasteiger partial charge in [-0.25, -0.2) is 4.39 Å². The van der Waals surface area contributed by atoms with Crippen LogP contribution in [-0.4, -0.2) is 35.8 Å². The predicted molar refractivity (Wildman–Crippen MR) is 95.7 cm³/mol. The molecule has 0 bridgehead atoms. The number of benzene rings is 2. The number of aromatic amines is 1. The number of hydrogen-bond acceptors (Lipinski definition) is 4. The third-order valence-electron chi connectivity index (χ3n) is 4.94. The Morgan fingerprint density at radius 3 is 2.84 bits per heavy atom. The molecular formula is C19H20FN3O2. The van der Waals surface area contributed by atoms with Gasteiger partial charge in [0.1, 0.15) is 11.6 Å². The molecule has 130 valence electrons. The van der Waals surface area contributed by atoms with E-state index in [0.29, 0.717) is 11.4 Å². The lowest BCUT2D eigenvalue weighted by molar-refractivity contribution is 0.314. The minimum atomic E-state index is -0.299. The molecule has 2 aromatic carbocycles. The fraction of sp³-hybridized carbons (Fsp3) is 0.263. The van der Waals surface area contributed by atoms with Gasteiger partial charge in [-0.3, -0.25) is 10.7 Å². The number of anilines is 1. The Bertz CT molecular complexity index is 951. The van der Waals surface area contributed by atoms with Crippen LogP contribution in [-0.2, 0) is 13.0 Å². The largest absolute Gasteiger partial charge is 0.496 e. The summed E-state index contributed by atoms with van der Waals surface area (Å²) < 4.78 is 19.4. The van der Waals surface area contributed by atoms with Crippen LogP contribution in [0.15, 0.2) is 30.5 Å². The molecule has 0 saturated carbocycles. The molecule has 2 heterocycles. The van der Waals surface area contributed by atoms with Crippen molar-refractivity contribution in [1.29, 1.82) is 0 Å². The first-order chi connectivity index (χ1) is 12.1. The van der Waals surface area contributed by atoms with Crippen LogP contribution in [0.2, 0.25) is 0 Å². The first-order valence-corrected chi connectivity index (χ1v) is 8.20. The fourth-order valence-electron chi connectivity index (χ4n) is 3.71. The van der Waals surface area contributed by atoms with E-state index >= 15 is 0 Å². The van der Waals surface area contributed by atoms with Crippen LogP contribution in [0.4, 0.5) is 10.1 Å². The molecule has 25 heavy (non-hydrogen) atoms. The van der Waals surface area contributed by atoms with Crippen LogP contribution in [0, 0.1) is 5.82 Å². The lowest BCUT2D eigenvalue weighted by atomic mass is 9.88. The van der Waals surface area contributed by atoms with Crippen LogP contribution in [0.25, 0.3) is 22.0 Å². The zero-order valence-corrected chi connectivity index (χ0v) is 14.2. The number of aromatic nitrogens is 1. The van der Waals surface area contributed by atoms with Crippen molar-refractivity contribution in [2.45, 2.75) is 13.0 Å². The molecule has 3 N–H and O–H groups in total. The van der Waals surface area contributed by atoms with E-state index < -0.39 is 0 Å². The van der Waals surface area contributed by atoms with E-state index in [1.54, 1.807) is 19.4 Å². The van der Waals surface area contributed by atoms with E-state index in [4.69, 9.17) is 4.74 Å². The van der Waals surface area contributed by atoms with E-state index in [9.17, 15) is 9.60 Å². The molecule has 0 radical (unpaired) electrons. The van der Waals surface area contributed by atoms with Gasteiger partial charge in [-0.2, -0.15) is 0 Å². The minimum absolute atomic E-state index is 0.299. The molecule has 1 aliphatic heterocycles. The number of nitrogens with one attached hydrogen (secondary N) is 2. The Labute approximate surface area is 145 Å². The molecule has 0 fully saturated rings. The topological polar surface area (TPSA) is 60.5 Å². The summed E-state index contributed by atoms with van der Waals surface area (Å²) in [5, 5.41) is 10.3. The number of halogens is 1. The van der Waals surface area contributed by atoms with Gasteiger partial charge in [-0.15, -0.1) is 0 Å². The van der Waals surface area contributed by atoms with E-state index in [0.717, 1.165) is 41.5 Å². The van der Waals surface area contributed by atoms with Gasteiger partial charge in [0.2, 0.25) is 0 Å². The van der Waals surface area contributed by atoms with Crippen molar-refractivity contribution in [2.75, 3.05) is 26.2 Å². The Hall–Kier alpha value is -2.57. The summed E-state index contributed by atoms with van der Waals surface area (Å²) in [6, 6.07) is 6.56. The maximum absolute atomic E-state index is 13.9. The van der Waals surface area contributed by atoms with Gasteiger partial charge in [-0.1, -0.05) is 0 Å². The monoisotopic (exact) mass is 341 g/mol. The number of likely N-dealkylation sites (N-methyl/N-ethyl adjacent to an activating group) is 1. The van der Waals surface area contributed by atoms with Gasteiger partial charge in [0.05, 0.1) is 18.3 Å². The number of H-pyrrole nitrogens is 1. The van der Waals surface area contributed by atoms with Gasteiger partial charge >= 0.3 is 0 Å². The Morgan fingerprint density at radius 2 is 2.08 bits per heavy atom. The molecule has 5 nitrogen and oxygen atoms in total. The Morgan fingerprint density at radius 1 is 1.24 bits per heavy atom. The third-order valence-corrected chi connectivity index (χ3v) is 4.94. The highest BCUT2D eigenvalue weighted by Crippen LogP contribution is 2.41. The summed E-state index contributed by atoms with van der Waals surface area (Å²) in [4.78, 5) is 5.50. The van der Waals surface area contributed by atoms with Gasteiger partial charge in [0.15, 0.2) is 0 Å². The number of hydrogen-bond donors (Lipinski definition) is 3. The molecular weight excluding hydrogens is 321 g/mol. The number of ether oxygens (including phenoxy) is 1. The number of nitrogens with zero attached hydrogens (tertiary/aromatic N) is 1. The van der Waals surface area contributed by atoms with Gasteiger partial charge < -0.3 is 14.6 Å². The van der Waals surface area contributed by atoms with E-state index in [1.807, 2.05) is 6.07 Å². The number of fused-ring (bicyclic) bond motifs is 3. The first-order valence-electron chi connectivity index (χ1n) is 8.20. The molecule has 0 amide bonds. The van der Waals surface area contributed by atoms with Crippen molar-refractivity contribution < 1.29 is 14.3 Å². The zero-order chi connectivity index (χ0) is 17.6. The van der Waals surface area contributed by atoms with Crippen LogP contribution in [0.5, 0.6) is 5.75 Å². The lowest BCUT2D eigenvalue weighted by Crippen LogP contribution is -2.27. The summed E-state index contributed by atoms with van der Waals surface area (Å²) in [5.41, 5.74) is 7.88. The molecule has 0 spiro atoms. The molecule has 3 aromatic rings. The molecule has 0 aliphatic carbocycles. The smallest absolute Gasteiger partial charge is 0.126 e. The second-order valence-electron chi connectivity index (χ2n) is 6.45. The summed E-state index contributed by atoms with van der Waals surface area (Å²) in [6.07, 6.45) is 2.61. The molecule has 0 atom stereocenters. The van der Waals surface area contributed by atoms with E-state index in [2.05, 4.69) is 22.4 Å². The molecule has 0 saturated heterocycles.